The van der Waals surface area contributed by atoms with Gasteiger partial charge in [0.15, 0.2) is 12.6 Å². The summed E-state index contributed by atoms with van der Waals surface area (Å²) in [6.07, 6.45) is 0. The highest BCUT2D eigenvalue weighted by Gasteiger charge is 2.13. The Hall–Kier alpha value is -2.23. The predicted octanol–water partition coefficient (Wildman–Crippen LogP) is 3.18. The van der Waals surface area contributed by atoms with Gasteiger partial charge in [-0.3, -0.25) is 20.3 Å². The molecule has 0 bridgehead atoms. The van der Waals surface area contributed by atoms with E-state index in [4.69, 9.17) is 39.1 Å². The molecule has 176 valence electrons. The molecular weight excluding hydrogens is 500 g/mol. The van der Waals surface area contributed by atoms with Crippen molar-refractivity contribution < 1.29 is 14.3 Å². The Morgan fingerprint density at radius 3 is 2.19 bits per heavy atom. The third kappa shape index (κ3) is 9.93. The lowest BCUT2D eigenvalue weighted by Crippen LogP contribution is -2.35. The Morgan fingerprint density at radius 1 is 1.03 bits per heavy atom. The molecule has 0 saturated carbocycles. The average Bonchev–Trinajstić information content (AvgIpc) is 2.64. The molecule has 2 aromatic rings. The SMILES string of the molecule is CN(C)CCNC(=O)COc1cc(C(=O)NC(=N)N)cc(-c2cc(Cl)cc(Cl)c2)c1.Cl.Cl. The van der Waals surface area contributed by atoms with Crippen LogP contribution in [0.3, 0.4) is 0 Å². The van der Waals surface area contributed by atoms with Crippen LogP contribution in [0.25, 0.3) is 11.1 Å². The lowest BCUT2D eigenvalue weighted by Gasteiger charge is -2.13. The number of guanidine groups is 1. The maximum Gasteiger partial charge on any atom is 0.258 e. The highest BCUT2D eigenvalue weighted by molar-refractivity contribution is 6.35. The number of carbonyl (C=O) groups excluding carboxylic acids is 2. The van der Waals surface area contributed by atoms with Crippen molar-refractivity contribution in [3.63, 3.8) is 0 Å². The summed E-state index contributed by atoms with van der Waals surface area (Å²) in [5.74, 6) is -1.07. The summed E-state index contributed by atoms with van der Waals surface area (Å²) in [5.41, 5.74) is 6.70. The molecule has 32 heavy (non-hydrogen) atoms. The van der Waals surface area contributed by atoms with Crippen LogP contribution in [0, 0.1) is 5.41 Å². The number of hydrogen-bond donors (Lipinski definition) is 4. The zero-order chi connectivity index (χ0) is 22.3. The Bertz CT molecular complexity index is 937. The highest BCUT2D eigenvalue weighted by atomic mass is 35.5. The van der Waals surface area contributed by atoms with Gasteiger partial charge in [-0.2, -0.15) is 0 Å². The zero-order valence-corrected chi connectivity index (χ0v) is 20.6. The number of nitrogens with one attached hydrogen (secondary N) is 3. The Balaban J connectivity index is 0.00000480. The molecule has 0 unspecified atom stereocenters. The van der Waals surface area contributed by atoms with Crippen LogP contribution >= 0.6 is 48.0 Å². The van der Waals surface area contributed by atoms with E-state index >= 15 is 0 Å². The molecule has 0 fully saturated rings. The van der Waals surface area contributed by atoms with E-state index in [1.165, 1.54) is 6.07 Å². The second-order valence-electron chi connectivity index (χ2n) is 6.71. The van der Waals surface area contributed by atoms with Gasteiger partial charge in [-0.15, -0.1) is 24.8 Å². The molecule has 0 aliphatic rings. The van der Waals surface area contributed by atoms with Crippen molar-refractivity contribution in [1.82, 2.24) is 15.5 Å². The van der Waals surface area contributed by atoms with E-state index in [0.29, 0.717) is 40.0 Å². The monoisotopic (exact) mass is 523 g/mol. The fourth-order valence-corrected chi connectivity index (χ4v) is 3.04. The van der Waals surface area contributed by atoms with Crippen molar-refractivity contribution in [2.75, 3.05) is 33.8 Å². The third-order valence-electron chi connectivity index (χ3n) is 3.86. The van der Waals surface area contributed by atoms with Crippen LogP contribution in [-0.2, 0) is 4.79 Å². The first-order chi connectivity index (χ1) is 14.1. The molecule has 2 aromatic carbocycles. The standard InChI is InChI=1S/C20H23Cl2N5O3.2ClH/c1-27(2)4-3-25-18(28)11-30-17-8-12(13-6-15(21)10-16(22)7-13)5-14(9-17)19(29)26-20(23)24;;/h5-10H,3-4,11H2,1-2H3,(H,25,28)(H4,23,24,26,29);2*1H. The lowest BCUT2D eigenvalue weighted by molar-refractivity contribution is -0.123. The molecule has 0 aromatic heterocycles. The van der Waals surface area contributed by atoms with Crippen LogP contribution in [0.15, 0.2) is 36.4 Å². The third-order valence-corrected chi connectivity index (χ3v) is 4.30. The van der Waals surface area contributed by atoms with Gasteiger partial charge in [0.1, 0.15) is 5.75 Å². The van der Waals surface area contributed by atoms with Gasteiger partial charge in [-0.1, -0.05) is 23.2 Å². The maximum absolute atomic E-state index is 12.3. The molecule has 0 spiro atoms. The van der Waals surface area contributed by atoms with Gasteiger partial charge >= 0.3 is 0 Å². The van der Waals surface area contributed by atoms with E-state index < -0.39 is 11.9 Å². The smallest absolute Gasteiger partial charge is 0.258 e. The van der Waals surface area contributed by atoms with Crippen LogP contribution in [0.4, 0.5) is 0 Å². The molecule has 2 amide bonds. The molecule has 2 rings (SSSR count). The number of rotatable bonds is 8. The molecule has 0 heterocycles. The number of carbonyl (C=O) groups is 2. The number of hydrogen-bond acceptors (Lipinski definition) is 5. The van der Waals surface area contributed by atoms with Crippen molar-refractivity contribution in [1.29, 1.82) is 5.41 Å². The molecule has 0 radical (unpaired) electrons. The quantitative estimate of drug-likeness (QED) is 0.312. The summed E-state index contributed by atoms with van der Waals surface area (Å²) in [6, 6.07) is 9.68. The van der Waals surface area contributed by atoms with Crippen molar-refractivity contribution in [3.05, 3.63) is 52.0 Å². The van der Waals surface area contributed by atoms with Crippen molar-refractivity contribution in [3.8, 4) is 16.9 Å². The average molecular weight is 525 g/mol. The highest BCUT2D eigenvalue weighted by Crippen LogP contribution is 2.30. The number of nitrogens with zero attached hydrogens (tertiary/aromatic N) is 1. The fourth-order valence-electron chi connectivity index (χ4n) is 2.51. The van der Waals surface area contributed by atoms with Gasteiger partial charge in [0.25, 0.3) is 11.8 Å². The molecule has 8 nitrogen and oxygen atoms in total. The van der Waals surface area contributed by atoms with Crippen molar-refractivity contribution in [2.24, 2.45) is 5.73 Å². The Kier molecular flexibility index (Phi) is 13.0. The number of likely N-dealkylation sites (N-methyl/N-ethyl adjacent to an activating group) is 1. The van der Waals surface area contributed by atoms with Crippen LogP contribution in [-0.4, -0.2) is 56.5 Å². The summed E-state index contributed by atoms with van der Waals surface area (Å²) in [5, 5.41) is 13.1. The first-order valence-electron chi connectivity index (χ1n) is 8.95. The minimum Gasteiger partial charge on any atom is -0.484 e. The van der Waals surface area contributed by atoms with E-state index in [2.05, 4.69) is 10.6 Å². The van der Waals surface area contributed by atoms with Gasteiger partial charge in [0, 0.05) is 28.7 Å². The van der Waals surface area contributed by atoms with Gasteiger partial charge < -0.3 is 20.7 Å². The number of benzene rings is 2. The summed E-state index contributed by atoms with van der Waals surface area (Å²) in [4.78, 5) is 26.3. The first kappa shape index (κ1) is 29.8. The molecule has 12 heteroatoms. The summed E-state index contributed by atoms with van der Waals surface area (Å²) >= 11 is 12.2. The van der Waals surface area contributed by atoms with E-state index in [-0.39, 0.29) is 42.9 Å². The topological polar surface area (TPSA) is 121 Å². The molecule has 0 aliphatic heterocycles. The van der Waals surface area contributed by atoms with Gasteiger partial charge in [-0.05, 0) is 61.6 Å². The lowest BCUT2D eigenvalue weighted by atomic mass is 10.0. The summed E-state index contributed by atoms with van der Waals surface area (Å²) < 4.78 is 5.59. The normalized spacial score (nSPS) is 9.91. The van der Waals surface area contributed by atoms with Crippen LogP contribution < -0.4 is 21.1 Å². The number of nitrogens with two attached hydrogens (primary N) is 1. The van der Waals surface area contributed by atoms with E-state index in [1.807, 2.05) is 19.0 Å². The Labute approximate surface area is 209 Å². The van der Waals surface area contributed by atoms with Crippen LogP contribution in [0.1, 0.15) is 10.4 Å². The maximum atomic E-state index is 12.3. The van der Waals surface area contributed by atoms with Crippen LogP contribution in [0.2, 0.25) is 10.0 Å². The summed E-state index contributed by atoms with van der Waals surface area (Å²) in [6.45, 7) is 0.968. The zero-order valence-electron chi connectivity index (χ0n) is 17.4. The minimum absolute atomic E-state index is 0. The fraction of sp³-hybridized carbons (Fsp3) is 0.250. The second kappa shape index (κ2) is 14.0. The second-order valence-corrected chi connectivity index (χ2v) is 7.59. The van der Waals surface area contributed by atoms with Crippen LogP contribution in [0.5, 0.6) is 5.75 Å². The van der Waals surface area contributed by atoms with E-state index in [1.54, 1.807) is 30.3 Å². The molecule has 0 aliphatic carbocycles. The minimum atomic E-state index is -0.585. The predicted molar refractivity (Wildman–Crippen MR) is 133 cm³/mol. The molecular formula is C20H25Cl4N5O3. The molecule has 0 saturated heterocycles. The first-order valence-corrected chi connectivity index (χ1v) is 9.71. The number of ether oxygens (including phenoxy) is 1. The summed E-state index contributed by atoms with van der Waals surface area (Å²) in [7, 11) is 3.81. The van der Waals surface area contributed by atoms with Crippen molar-refractivity contribution in [2.45, 2.75) is 0 Å². The number of halogens is 4. The largest absolute Gasteiger partial charge is 0.484 e. The Morgan fingerprint density at radius 2 is 1.62 bits per heavy atom. The van der Waals surface area contributed by atoms with E-state index in [9.17, 15) is 9.59 Å². The van der Waals surface area contributed by atoms with Gasteiger partial charge in [0.05, 0.1) is 0 Å². The molecule has 0 atom stereocenters. The number of amides is 2. The van der Waals surface area contributed by atoms with Crippen molar-refractivity contribution >= 4 is 65.8 Å². The molecule has 5 N–H and O–H groups in total. The van der Waals surface area contributed by atoms with E-state index in [0.717, 1.165) is 0 Å². The van der Waals surface area contributed by atoms with Gasteiger partial charge in [0.2, 0.25) is 0 Å². The van der Waals surface area contributed by atoms with Gasteiger partial charge in [-0.25, -0.2) is 0 Å².